The molecule has 0 aliphatic heterocycles. The summed E-state index contributed by atoms with van der Waals surface area (Å²) in [5, 5.41) is 0. The highest BCUT2D eigenvalue weighted by molar-refractivity contribution is 5.69. The Morgan fingerprint density at radius 3 is 2.85 bits per heavy atom. The van der Waals surface area contributed by atoms with Crippen molar-refractivity contribution in [3.05, 3.63) is 12.7 Å². The summed E-state index contributed by atoms with van der Waals surface area (Å²) in [7, 11) is 0. The monoisotopic (exact) mass is 188 g/mol. The Morgan fingerprint density at radius 2 is 2.31 bits per heavy atom. The van der Waals surface area contributed by atoms with Crippen molar-refractivity contribution in [3.8, 4) is 0 Å². The zero-order valence-corrected chi connectivity index (χ0v) is 8.09. The second-order valence-corrected chi connectivity index (χ2v) is 2.80. The lowest BCUT2D eigenvalue weighted by molar-refractivity contribution is -0.143. The van der Waals surface area contributed by atoms with E-state index in [2.05, 4.69) is 6.58 Å². The maximum atomic E-state index is 12.6. The van der Waals surface area contributed by atoms with E-state index in [0.29, 0.717) is 32.3 Å². The molecule has 0 aromatic heterocycles. The number of carbonyl (C=O) groups excluding carboxylic acids is 1. The van der Waals surface area contributed by atoms with Gasteiger partial charge in [-0.25, -0.2) is 4.39 Å². The van der Waals surface area contributed by atoms with Gasteiger partial charge in [-0.1, -0.05) is 6.08 Å². The van der Waals surface area contributed by atoms with Crippen LogP contribution < -0.4 is 0 Å². The standard InChI is InChI=1S/C10H17FO2/c1-3-9(11)7-5-6-8-10(12)13-4-2/h3,9H,1,4-8H2,2H3. The van der Waals surface area contributed by atoms with Crippen LogP contribution >= 0.6 is 0 Å². The molecular weight excluding hydrogens is 171 g/mol. The van der Waals surface area contributed by atoms with Gasteiger partial charge in [0.1, 0.15) is 6.17 Å². The van der Waals surface area contributed by atoms with Crippen molar-refractivity contribution < 1.29 is 13.9 Å². The molecule has 0 heterocycles. The maximum Gasteiger partial charge on any atom is 0.305 e. The molecule has 0 spiro atoms. The van der Waals surface area contributed by atoms with Gasteiger partial charge in [-0.2, -0.15) is 0 Å². The lowest BCUT2D eigenvalue weighted by Crippen LogP contribution is -2.03. The van der Waals surface area contributed by atoms with Crippen LogP contribution in [0.25, 0.3) is 0 Å². The van der Waals surface area contributed by atoms with Gasteiger partial charge in [-0.3, -0.25) is 4.79 Å². The molecule has 0 bridgehead atoms. The Balaban J connectivity index is 3.25. The average Bonchev–Trinajstić information content (AvgIpc) is 2.12. The molecule has 3 heteroatoms. The first kappa shape index (κ1) is 12.1. The van der Waals surface area contributed by atoms with Crippen LogP contribution in [0.4, 0.5) is 4.39 Å². The predicted molar refractivity (Wildman–Crippen MR) is 50.2 cm³/mol. The van der Waals surface area contributed by atoms with Crippen LogP contribution in [0.5, 0.6) is 0 Å². The van der Waals surface area contributed by atoms with Crippen molar-refractivity contribution in [1.82, 2.24) is 0 Å². The number of rotatable bonds is 7. The minimum Gasteiger partial charge on any atom is -0.466 e. The molecule has 0 rings (SSSR count). The van der Waals surface area contributed by atoms with E-state index in [1.807, 2.05) is 0 Å². The Bertz CT molecular complexity index is 157. The Morgan fingerprint density at radius 1 is 1.62 bits per heavy atom. The number of hydrogen-bond acceptors (Lipinski definition) is 2. The average molecular weight is 188 g/mol. The molecule has 0 saturated carbocycles. The van der Waals surface area contributed by atoms with Gasteiger partial charge in [0, 0.05) is 6.42 Å². The number of ether oxygens (including phenoxy) is 1. The third kappa shape index (κ3) is 7.50. The van der Waals surface area contributed by atoms with Crippen LogP contribution in [0.1, 0.15) is 32.6 Å². The van der Waals surface area contributed by atoms with Crippen molar-refractivity contribution in [1.29, 1.82) is 0 Å². The first-order valence-corrected chi connectivity index (χ1v) is 4.63. The quantitative estimate of drug-likeness (QED) is 0.349. The highest BCUT2D eigenvalue weighted by atomic mass is 19.1. The Hall–Kier alpha value is -0.860. The number of hydrogen-bond donors (Lipinski definition) is 0. The molecule has 0 fully saturated rings. The van der Waals surface area contributed by atoms with E-state index in [1.165, 1.54) is 6.08 Å². The summed E-state index contributed by atoms with van der Waals surface area (Å²) in [6.07, 6.45) is 2.56. The van der Waals surface area contributed by atoms with Crippen LogP contribution in [0.15, 0.2) is 12.7 Å². The van der Waals surface area contributed by atoms with Gasteiger partial charge in [0.25, 0.3) is 0 Å². The molecule has 0 radical (unpaired) electrons. The molecule has 0 aromatic rings. The van der Waals surface area contributed by atoms with Gasteiger partial charge in [0.05, 0.1) is 6.61 Å². The molecule has 2 nitrogen and oxygen atoms in total. The second kappa shape index (κ2) is 7.77. The fourth-order valence-corrected chi connectivity index (χ4v) is 0.960. The van der Waals surface area contributed by atoms with E-state index in [1.54, 1.807) is 6.92 Å². The Labute approximate surface area is 78.8 Å². The smallest absolute Gasteiger partial charge is 0.305 e. The third-order valence-corrected chi connectivity index (χ3v) is 1.67. The second-order valence-electron chi connectivity index (χ2n) is 2.80. The van der Waals surface area contributed by atoms with Gasteiger partial charge in [0.2, 0.25) is 0 Å². The number of esters is 1. The summed E-state index contributed by atoms with van der Waals surface area (Å²) in [5.74, 6) is -0.198. The van der Waals surface area contributed by atoms with Gasteiger partial charge in [-0.05, 0) is 26.2 Å². The number of alkyl halides is 1. The molecule has 0 aliphatic carbocycles. The highest BCUT2D eigenvalue weighted by Crippen LogP contribution is 2.07. The van der Waals surface area contributed by atoms with Gasteiger partial charge >= 0.3 is 5.97 Å². The molecule has 0 aliphatic rings. The van der Waals surface area contributed by atoms with E-state index in [9.17, 15) is 9.18 Å². The summed E-state index contributed by atoms with van der Waals surface area (Å²) in [6, 6.07) is 0. The third-order valence-electron chi connectivity index (χ3n) is 1.67. The molecule has 0 aromatic carbocycles. The minimum absolute atomic E-state index is 0.198. The molecule has 13 heavy (non-hydrogen) atoms. The molecule has 1 unspecified atom stereocenters. The van der Waals surface area contributed by atoms with Crippen molar-refractivity contribution >= 4 is 5.97 Å². The molecule has 76 valence electrons. The molecule has 0 saturated heterocycles. The molecular formula is C10H17FO2. The number of unbranched alkanes of at least 4 members (excludes halogenated alkanes) is 1. The van der Waals surface area contributed by atoms with E-state index in [-0.39, 0.29) is 5.97 Å². The number of halogens is 1. The SMILES string of the molecule is C=CC(F)CCCCC(=O)OCC. The van der Waals surface area contributed by atoms with Crippen LogP contribution in [-0.2, 0) is 9.53 Å². The molecule has 0 amide bonds. The van der Waals surface area contributed by atoms with Crippen LogP contribution in [-0.4, -0.2) is 18.7 Å². The van der Waals surface area contributed by atoms with Crippen molar-refractivity contribution in [3.63, 3.8) is 0 Å². The van der Waals surface area contributed by atoms with Crippen molar-refractivity contribution in [2.45, 2.75) is 38.8 Å². The first-order valence-electron chi connectivity index (χ1n) is 4.63. The largest absolute Gasteiger partial charge is 0.466 e. The minimum atomic E-state index is -0.942. The van der Waals surface area contributed by atoms with Crippen LogP contribution in [0, 0.1) is 0 Å². The van der Waals surface area contributed by atoms with E-state index in [0.717, 1.165) is 0 Å². The zero-order chi connectivity index (χ0) is 10.1. The van der Waals surface area contributed by atoms with Crippen molar-refractivity contribution in [2.24, 2.45) is 0 Å². The van der Waals surface area contributed by atoms with E-state index >= 15 is 0 Å². The summed E-state index contributed by atoms with van der Waals surface area (Å²) >= 11 is 0. The number of allylic oxidation sites excluding steroid dienone is 1. The zero-order valence-electron chi connectivity index (χ0n) is 8.09. The van der Waals surface area contributed by atoms with Crippen LogP contribution in [0.3, 0.4) is 0 Å². The topological polar surface area (TPSA) is 26.3 Å². The van der Waals surface area contributed by atoms with Gasteiger partial charge in [0.15, 0.2) is 0 Å². The lowest BCUT2D eigenvalue weighted by Gasteiger charge is -2.02. The fraction of sp³-hybridized carbons (Fsp3) is 0.700. The summed E-state index contributed by atoms with van der Waals surface area (Å²) in [4.78, 5) is 10.8. The maximum absolute atomic E-state index is 12.6. The Kier molecular flexibility index (Phi) is 7.26. The van der Waals surface area contributed by atoms with Gasteiger partial charge < -0.3 is 4.74 Å². The lowest BCUT2D eigenvalue weighted by atomic mass is 10.1. The summed E-state index contributed by atoms with van der Waals surface area (Å²) < 4.78 is 17.3. The predicted octanol–water partition coefficient (Wildman–Crippen LogP) is 2.63. The number of carbonyl (C=O) groups is 1. The first-order chi connectivity index (χ1) is 6.20. The molecule has 0 N–H and O–H groups in total. The van der Waals surface area contributed by atoms with Crippen LogP contribution in [0.2, 0.25) is 0 Å². The fourth-order valence-electron chi connectivity index (χ4n) is 0.960. The van der Waals surface area contributed by atoms with E-state index < -0.39 is 6.17 Å². The molecule has 1 atom stereocenters. The normalized spacial score (nSPS) is 12.2. The summed E-state index contributed by atoms with van der Waals surface area (Å²) in [5.41, 5.74) is 0. The van der Waals surface area contributed by atoms with E-state index in [4.69, 9.17) is 4.74 Å². The summed E-state index contributed by atoms with van der Waals surface area (Å²) in [6.45, 7) is 5.52. The van der Waals surface area contributed by atoms with Crippen molar-refractivity contribution in [2.75, 3.05) is 6.61 Å². The highest BCUT2D eigenvalue weighted by Gasteiger charge is 2.03. The van der Waals surface area contributed by atoms with Gasteiger partial charge in [-0.15, -0.1) is 6.58 Å².